The summed E-state index contributed by atoms with van der Waals surface area (Å²) in [6.45, 7) is 12.6. The number of urea groups is 1. The summed E-state index contributed by atoms with van der Waals surface area (Å²) in [5, 5.41) is 29.9. The zero-order valence-electron chi connectivity index (χ0n) is 32.8. The molecule has 0 radical (unpaired) electrons. The molecule has 3 aromatic heterocycles. The zero-order valence-corrected chi connectivity index (χ0v) is 34.3. The van der Waals surface area contributed by atoms with Gasteiger partial charge >= 0.3 is 6.03 Å². The number of fused-ring (bicyclic) bond motifs is 1. The zero-order chi connectivity index (χ0) is 40.2. The molecular weight excluding hydrogens is 766 g/mol. The SMILES string of the molecule is CC(C)(C)c1cc(NC(=O)NCc2ccccc2Sc2ccc3nnc(-c4ccc(CN5CCN(Cc6ccccc6)CC5)cc4)n3c2)n(-c2ccc(O)c(Cl)c2)n1. The van der Waals surface area contributed by atoms with Crippen molar-refractivity contribution in [3.05, 3.63) is 149 Å². The number of nitrogens with one attached hydrogen (secondary N) is 2. The summed E-state index contributed by atoms with van der Waals surface area (Å²) in [6, 6.07) is 37.7. The minimum absolute atomic E-state index is 0.0277. The van der Waals surface area contributed by atoms with Crippen LogP contribution < -0.4 is 10.6 Å². The average molecular weight is 812 g/mol. The minimum atomic E-state index is -0.380. The number of hydrogen-bond acceptors (Lipinski definition) is 8. The lowest BCUT2D eigenvalue weighted by molar-refractivity contribution is 0.122. The smallest absolute Gasteiger partial charge is 0.320 e. The van der Waals surface area contributed by atoms with Crippen molar-refractivity contribution in [1.82, 2.24) is 39.5 Å². The molecule has 0 saturated carbocycles. The lowest BCUT2D eigenvalue weighted by Gasteiger charge is -2.34. The van der Waals surface area contributed by atoms with Crippen molar-refractivity contribution in [3.63, 3.8) is 0 Å². The van der Waals surface area contributed by atoms with E-state index in [9.17, 15) is 9.90 Å². The van der Waals surface area contributed by atoms with Crippen molar-refractivity contribution >= 4 is 40.9 Å². The van der Waals surface area contributed by atoms with Crippen molar-refractivity contribution in [2.45, 2.75) is 55.6 Å². The largest absolute Gasteiger partial charge is 0.506 e. The second kappa shape index (κ2) is 17.1. The van der Waals surface area contributed by atoms with Crippen LogP contribution in [0.4, 0.5) is 10.6 Å². The number of aromatic nitrogens is 5. The molecule has 7 aromatic rings. The highest BCUT2D eigenvalue weighted by molar-refractivity contribution is 7.99. The van der Waals surface area contributed by atoms with Gasteiger partial charge in [0, 0.05) is 78.8 Å². The van der Waals surface area contributed by atoms with Gasteiger partial charge in [0.1, 0.15) is 11.6 Å². The van der Waals surface area contributed by atoms with Gasteiger partial charge < -0.3 is 10.4 Å². The van der Waals surface area contributed by atoms with E-state index in [1.54, 1.807) is 28.6 Å². The second-order valence-corrected chi connectivity index (χ2v) is 17.1. The monoisotopic (exact) mass is 811 g/mol. The third kappa shape index (κ3) is 9.21. The molecule has 0 bridgehead atoms. The number of nitrogens with zero attached hydrogens (tertiary/aromatic N) is 7. The van der Waals surface area contributed by atoms with Crippen LogP contribution in [0.15, 0.2) is 131 Å². The number of pyridine rings is 1. The Bertz CT molecular complexity index is 2520. The molecule has 4 heterocycles. The number of rotatable bonds is 11. The van der Waals surface area contributed by atoms with Gasteiger partial charge in [-0.05, 0) is 53.1 Å². The first-order valence-corrected chi connectivity index (χ1v) is 20.6. The van der Waals surface area contributed by atoms with Gasteiger partial charge in [-0.15, -0.1) is 10.2 Å². The van der Waals surface area contributed by atoms with Crippen LogP contribution in [0.2, 0.25) is 5.02 Å². The molecule has 13 heteroatoms. The maximum absolute atomic E-state index is 13.3. The fourth-order valence-electron chi connectivity index (χ4n) is 6.97. The first-order valence-electron chi connectivity index (χ1n) is 19.4. The van der Waals surface area contributed by atoms with E-state index in [1.165, 1.54) is 17.2 Å². The number of aromatic hydroxyl groups is 1. The predicted octanol–water partition coefficient (Wildman–Crippen LogP) is 9.03. The standard InChI is InChI=1S/C45H46ClN9O2S/c1-45(2,3)40-26-42(55(51-40)35-17-19-38(56)37(46)25-35)48-44(57)47-27-34-11-7-8-12-39(34)58-36-18-20-41-49-50-43(54(41)30-36)33-15-13-32(14-16-33)29-53-23-21-52(22-24-53)28-31-9-5-4-6-10-31/h4-20,25-26,30,56H,21-24,27-29H2,1-3H3,(H2,47,48,57). The summed E-state index contributed by atoms with van der Waals surface area (Å²) < 4.78 is 3.66. The minimum Gasteiger partial charge on any atom is -0.506 e. The van der Waals surface area contributed by atoms with Gasteiger partial charge in [0.15, 0.2) is 11.5 Å². The number of carbonyl (C=O) groups is 1. The Balaban J connectivity index is 0.906. The molecule has 2 amide bonds. The van der Waals surface area contributed by atoms with Crippen LogP contribution in [0.5, 0.6) is 5.75 Å². The summed E-state index contributed by atoms with van der Waals surface area (Å²) in [5.41, 5.74) is 6.53. The van der Waals surface area contributed by atoms with Crippen molar-refractivity contribution in [3.8, 4) is 22.8 Å². The Morgan fingerprint density at radius 2 is 1.50 bits per heavy atom. The molecule has 8 rings (SSSR count). The van der Waals surface area contributed by atoms with Gasteiger partial charge in [0.05, 0.1) is 16.4 Å². The molecule has 1 aliphatic heterocycles. The maximum atomic E-state index is 13.3. The van der Waals surface area contributed by atoms with Crippen LogP contribution >= 0.6 is 23.4 Å². The van der Waals surface area contributed by atoms with Crippen molar-refractivity contribution in [2.24, 2.45) is 0 Å². The summed E-state index contributed by atoms with van der Waals surface area (Å²) in [7, 11) is 0. The number of anilines is 1. The van der Waals surface area contributed by atoms with E-state index in [-0.39, 0.29) is 22.2 Å². The average Bonchev–Trinajstić information content (AvgIpc) is 3.85. The second-order valence-electron chi connectivity index (χ2n) is 15.6. The van der Waals surface area contributed by atoms with E-state index in [0.717, 1.165) is 77.4 Å². The fraction of sp³-hybridized carbons (Fsp3) is 0.244. The lowest BCUT2D eigenvalue weighted by atomic mass is 9.92. The fourth-order valence-corrected chi connectivity index (χ4v) is 8.11. The normalized spacial score (nSPS) is 13.9. The van der Waals surface area contributed by atoms with Gasteiger partial charge in [-0.3, -0.25) is 19.5 Å². The van der Waals surface area contributed by atoms with Crippen molar-refractivity contribution in [2.75, 3.05) is 31.5 Å². The molecule has 0 unspecified atom stereocenters. The number of hydrogen-bond donors (Lipinski definition) is 3. The molecule has 4 aromatic carbocycles. The third-order valence-corrected chi connectivity index (χ3v) is 11.6. The molecule has 58 heavy (non-hydrogen) atoms. The number of phenols is 1. The molecule has 1 aliphatic rings. The molecule has 0 atom stereocenters. The first-order chi connectivity index (χ1) is 28.1. The molecule has 1 fully saturated rings. The van der Waals surface area contributed by atoms with Gasteiger partial charge in [-0.25, -0.2) is 9.48 Å². The van der Waals surface area contributed by atoms with E-state index in [0.29, 0.717) is 18.1 Å². The van der Waals surface area contributed by atoms with E-state index >= 15 is 0 Å². The highest BCUT2D eigenvalue weighted by Gasteiger charge is 2.22. The van der Waals surface area contributed by atoms with Gasteiger partial charge in [0.2, 0.25) is 0 Å². The van der Waals surface area contributed by atoms with E-state index in [2.05, 4.69) is 118 Å². The predicted molar refractivity (Wildman–Crippen MR) is 231 cm³/mol. The number of phenolic OH excluding ortho intramolecular Hbond substituents is 1. The van der Waals surface area contributed by atoms with Crippen LogP contribution in [0.25, 0.3) is 22.7 Å². The van der Waals surface area contributed by atoms with Gasteiger partial charge in [-0.2, -0.15) is 5.10 Å². The Kier molecular flexibility index (Phi) is 11.5. The van der Waals surface area contributed by atoms with Crippen LogP contribution in [-0.4, -0.2) is 71.5 Å². The number of carbonyl (C=O) groups excluding carboxylic acids is 1. The molecule has 1 saturated heterocycles. The number of halogens is 1. The van der Waals surface area contributed by atoms with E-state index in [4.69, 9.17) is 16.7 Å². The quantitative estimate of drug-likeness (QED) is 0.119. The summed E-state index contributed by atoms with van der Waals surface area (Å²) in [5.74, 6) is 1.24. The molecule has 3 N–H and O–H groups in total. The summed E-state index contributed by atoms with van der Waals surface area (Å²) >= 11 is 7.83. The number of benzene rings is 4. The van der Waals surface area contributed by atoms with Gasteiger partial charge in [0.25, 0.3) is 0 Å². The molecular formula is C45H46ClN9O2S. The Morgan fingerprint density at radius 1 is 0.810 bits per heavy atom. The number of piperazine rings is 1. The Hall–Kier alpha value is -5.66. The van der Waals surface area contributed by atoms with E-state index < -0.39 is 0 Å². The molecule has 0 aliphatic carbocycles. The summed E-state index contributed by atoms with van der Waals surface area (Å²) in [6.07, 6.45) is 2.07. The number of amides is 2. The lowest BCUT2D eigenvalue weighted by Crippen LogP contribution is -2.45. The van der Waals surface area contributed by atoms with Crippen LogP contribution in [0, 0.1) is 0 Å². The first kappa shape index (κ1) is 39.2. The Morgan fingerprint density at radius 3 is 2.21 bits per heavy atom. The third-order valence-electron chi connectivity index (χ3n) is 10.2. The Labute approximate surface area is 347 Å². The van der Waals surface area contributed by atoms with E-state index in [1.807, 2.05) is 40.8 Å². The highest BCUT2D eigenvalue weighted by Crippen LogP contribution is 2.33. The van der Waals surface area contributed by atoms with Crippen LogP contribution in [0.3, 0.4) is 0 Å². The summed E-state index contributed by atoms with van der Waals surface area (Å²) in [4.78, 5) is 20.4. The molecule has 0 spiro atoms. The topological polar surface area (TPSA) is 116 Å². The highest BCUT2D eigenvalue weighted by atomic mass is 35.5. The van der Waals surface area contributed by atoms with Gasteiger partial charge in [-0.1, -0.05) is 117 Å². The van der Waals surface area contributed by atoms with Crippen LogP contribution in [-0.2, 0) is 25.0 Å². The van der Waals surface area contributed by atoms with Crippen molar-refractivity contribution < 1.29 is 9.90 Å². The molecule has 11 nitrogen and oxygen atoms in total. The maximum Gasteiger partial charge on any atom is 0.320 e. The molecule has 296 valence electrons. The van der Waals surface area contributed by atoms with Crippen molar-refractivity contribution in [1.29, 1.82) is 0 Å². The van der Waals surface area contributed by atoms with Crippen LogP contribution in [0.1, 0.15) is 43.2 Å².